The van der Waals surface area contributed by atoms with Crippen molar-refractivity contribution in [3.05, 3.63) is 80.8 Å². The second kappa shape index (κ2) is 9.70. The molecular weight excluding hydrogens is 378 g/mol. The second-order valence-corrected chi connectivity index (χ2v) is 8.14. The van der Waals surface area contributed by atoms with Crippen molar-refractivity contribution in [2.45, 2.75) is 40.7 Å². The van der Waals surface area contributed by atoms with Crippen molar-refractivity contribution in [2.24, 2.45) is 0 Å². The Labute approximate surface area is 177 Å². The molecule has 1 heterocycles. The number of carbonyl (C=O) groups excluding carboxylic acids is 1. The molecule has 5 heteroatoms. The number of aryl methyl sites for hydroxylation is 1. The summed E-state index contributed by atoms with van der Waals surface area (Å²) in [6.45, 7) is 10.5. The Balaban J connectivity index is 1.76. The van der Waals surface area contributed by atoms with E-state index in [9.17, 15) is 4.79 Å². The molecule has 0 aliphatic heterocycles. The van der Waals surface area contributed by atoms with Gasteiger partial charge in [-0.2, -0.15) is 0 Å². The molecule has 0 radical (unpaired) electrons. The lowest BCUT2D eigenvalue weighted by Gasteiger charge is -2.19. The Morgan fingerprint density at radius 3 is 2.55 bits per heavy atom. The molecule has 0 aliphatic carbocycles. The molecule has 3 aromatic rings. The molecule has 0 bridgehead atoms. The van der Waals surface area contributed by atoms with Crippen LogP contribution in [0.5, 0.6) is 0 Å². The highest BCUT2D eigenvalue weighted by Gasteiger charge is 2.14. The molecule has 0 aliphatic rings. The summed E-state index contributed by atoms with van der Waals surface area (Å²) in [6.07, 6.45) is 2.69. The van der Waals surface area contributed by atoms with E-state index in [0.717, 1.165) is 47.9 Å². The molecule has 3 rings (SSSR count). The first-order valence-corrected chi connectivity index (χ1v) is 11.0. The number of benzene rings is 2. The van der Waals surface area contributed by atoms with E-state index in [-0.39, 0.29) is 5.91 Å². The van der Waals surface area contributed by atoms with E-state index in [4.69, 9.17) is 0 Å². The van der Waals surface area contributed by atoms with Crippen molar-refractivity contribution >= 4 is 22.9 Å². The second-order valence-electron chi connectivity index (χ2n) is 7.16. The topological polar surface area (TPSA) is 45.2 Å². The number of aromatic nitrogens is 1. The van der Waals surface area contributed by atoms with Crippen molar-refractivity contribution in [3.63, 3.8) is 0 Å². The van der Waals surface area contributed by atoms with Crippen LogP contribution in [-0.4, -0.2) is 28.9 Å². The van der Waals surface area contributed by atoms with Crippen molar-refractivity contribution in [1.29, 1.82) is 0 Å². The summed E-state index contributed by atoms with van der Waals surface area (Å²) in [6, 6.07) is 12.5. The fourth-order valence-electron chi connectivity index (χ4n) is 3.50. The first kappa shape index (κ1) is 21.1. The molecule has 1 amide bonds. The molecule has 0 fully saturated rings. The van der Waals surface area contributed by atoms with Gasteiger partial charge in [0.2, 0.25) is 0 Å². The summed E-state index contributed by atoms with van der Waals surface area (Å²) in [4.78, 5) is 18.8. The van der Waals surface area contributed by atoms with Crippen LogP contribution in [-0.2, 0) is 13.0 Å². The molecule has 0 atom stereocenters. The third-order valence-corrected chi connectivity index (χ3v) is 6.16. The third kappa shape index (κ3) is 5.04. The quantitative estimate of drug-likeness (QED) is 0.540. The predicted octanol–water partition coefficient (Wildman–Crippen LogP) is 5.44. The number of thiazole rings is 1. The Kier molecular flexibility index (Phi) is 7.04. The van der Waals surface area contributed by atoms with Gasteiger partial charge >= 0.3 is 0 Å². The lowest BCUT2D eigenvalue weighted by molar-refractivity contribution is 0.0773. The first-order chi connectivity index (χ1) is 14.0. The number of amides is 1. The number of hydrogen-bond acceptors (Lipinski definition) is 4. The predicted molar refractivity (Wildman–Crippen MR) is 122 cm³/mol. The van der Waals surface area contributed by atoms with Gasteiger partial charge in [-0.15, -0.1) is 11.3 Å². The number of nitrogens with one attached hydrogen (secondary N) is 1. The SMILES string of the molecule is CCN(CC)C(=O)c1ccc(Cc2cccc(NCc3nccs3)c2C)c(C)c1. The fraction of sp³-hybridized carbons (Fsp3) is 0.333. The van der Waals surface area contributed by atoms with E-state index in [1.54, 1.807) is 11.3 Å². The smallest absolute Gasteiger partial charge is 0.253 e. The van der Waals surface area contributed by atoms with Crippen LogP contribution in [0.4, 0.5) is 5.69 Å². The summed E-state index contributed by atoms with van der Waals surface area (Å²) in [5.74, 6) is 0.106. The largest absolute Gasteiger partial charge is 0.378 e. The van der Waals surface area contributed by atoms with Gasteiger partial charge in [0.15, 0.2) is 0 Å². The minimum absolute atomic E-state index is 0.106. The number of rotatable bonds is 8. The molecule has 0 unspecified atom stereocenters. The zero-order valence-electron chi connectivity index (χ0n) is 17.7. The van der Waals surface area contributed by atoms with E-state index in [1.807, 2.05) is 42.5 Å². The molecule has 1 N–H and O–H groups in total. The van der Waals surface area contributed by atoms with Gasteiger partial charge in [-0.1, -0.05) is 18.2 Å². The van der Waals surface area contributed by atoms with Crippen LogP contribution in [0.25, 0.3) is 0 Å². The minimum atomic E-state index is 0.106. The van der Waals surface area contributed by atoms with Crippen molar-refractivity contribution < 1.29 is 4.79 Å². The summed E-state index contributed by atoms with van der Waals surface area (Å²) in [5, 5.41) is 6.58. The van der Waals surface area contributed by atoms with Crippen LogP contribution in [0.2, 0.25) is 0 Å². The zero-order valence-corrected chi connectivity index (χ0v) is 18.5. The monoisotopic (exact) mass is 407 g/mol. The number of nitrogens with zero attached hydrogens (tertiary/aromatic N) is 2. The molecule has 0 saturated heterocycles. The Morgan fingerprint density at radius 2 is 1.90 bits per heavy atom. The highest BCUT2D eigenvalue weighted by atomic mass is 32.1. The van der Waals surface area contributed by atoms with Crippen LogP contribution < -0.4 is 5.32 Å². The standard InChI is InChI=1S/C24H29N3OS/c1-5-27(6-2)24(28)21-11-10-19(17(3)14-21)15-20-8-7-9-22(18(20)4)26-16-23-25-12-13-29-23/h7-14,26H,5-6,15-16H2,1-4H3. The summed E-state index contributed by atoms with van der Waals surface area (Å²) in [5.41, 5.74) is 6.87. The van der Waals surface area contributed by atoms with Gasteiger partial charge in [-0.05, 0) is 74.6 Å². The number of carbonyl (C=O) groups is 1. The summed E-state index contributed by atoms with van der Waals surface area (Å²) in [7, 11) is 0. The molecule has 4 nitrogen and oxygen atoms in total. The molecule has 1 aromatic heterocycles. The average molecular weight is 408 g/mol. The lowest BCUT2D eigenvalue weighted by atomic mass is 9.95. The van der Waals surface area contributed by atoms with Crippen molar-refractivity contribution in [3.8, 4) is 0 Å². The average Bonchev–Trinajstić information content (AvgIpc) is 3.24. The molecular formula is C24H29N3OS. The number of anilines is 1. The van der Waals surface area contributed by atoms with Gasteiger partial charge in [-0.25, -0.2) is 4.98 Å². The molecule has 2 aromatic carbocycles. The van der Waals surface area contributed by atoms with Gasteiger partial charge in [-0.3, -0.25) is 4.79 Å². The van der Waals surface area contributed by atoms with E-state index < -0.39 is 0 Å². The van der Waals surface area contributed by atoms with Gasteiger partial charge in [0, 0.05) is 35.9 Å². The Bertz CT molecular complexity index is 962. The maximum atomic E-state index is 12.6. The van der Waals surface area contributed by atoms with E-state index in [0.29, 0.717) is 0 Å². The highest BCUT2D eigenvalue weighted by molar-refractivity contribution is 7.09. The molecule has 152 valence electrons. The van der Waals surface area contributed by atoms with Gasteiger partial charge < -0.3 is 10.2 Å². The van der Waals surface area contributed by atoms with Gasteiger partial charge in [0.1, 0.15) is 5.01 Å². The van der Waals surface area contributed by atoms with Crippen molar-refractivity contribution in [1.82, 2.24) is 9.88 Å². The van der Waals surface area contributed by atoms with Crippen molar-refractivity contribution in [2.75, 3.05) is 18.4 Å². The van der Waals surface area contributed by atoms with Crippen LogP contribution in [0.15, 0.2) is 48.0 Å². The summed E-state index contributed by atoms with van der Waals surface area (Å²) < 4.78 is 0. The zero-order chi connectivity index (χ0) is 20.8. The van der Waals surface area contributed by atoms with E-state index in [2.05, 4.69) is 48.4 Å². The highest BCUT2D eigenvalue weighted by Crippen LogP contribution is 2.24. The molecule has 0 spiro atoms. The Hall–Kier alpha value is -2.66. The maximum absolute atomic E-state index is 12.6. The van der Waals surface area contributed by atoms with E-state index in [1.165, 1.54) is 16.7 Å². The van der Waals surface area contributed by atoms with Crippen LogP contribution in [0, 0.1) is 13.8 Å². The lowest BCUT2D eigenvalue weighted by Crippen LogP contribution is -2.30. The molecule has 29 heavy (non-hydrogen) atoms. The minimum Gasteiger partial charge on any atom is -0.378 e. The maximum Gasteiger partial charge on any atom is 0.253 e. The summed E-state index contributed by atoms with van der Waals surface area (Å²) >= 11 is 1.66. The Morgan fingerprint density at radius 1 is 1.10 bits per heavy atom. The van der Waals surface area contributed by atoms with Gasteiger partial charge in [0.25, 0.3) is 5.91 Å². The first-order valence-electron chi connectivity index (χ1n) is 10.1. The van der Waals surface area contributed by atoms with Crippen LogP contribution in [0.1, 0.15) is 51.5 Å². The number of hydrogen-bond donors (Lipinski definition) is 1. The third-order valence-electron chi connectivity index (χ3n) is 5.38. The van der Waals surface area contributed by atoms with Crippen LogP contribution >= 0.6 is 11.3 Å². The fourth-order valence-corrected chi connectivity index (χ4v) is 4.06. The van der Waals surface area contributed by atoms with Gasteiger partial charge in [0.05, 0.1) is 6.54 Å². The van der Waals surface area contributed by atoms with E-state index >= 15 is 0 Å². The van der Waals surface area contributed by atoms with Crippen LogP contribution in [0.3, 0.4) is 0 Å². The molecule has 0 saturated carbocycles. The normalized spacial score (nSPS) is 10.8.